The Bertz CT molecular complexity index is 976. The predicted octanol–water partition coefficient (Wildman–Crippen LogP) is 3.91. The lowest BCUT2D eigenvalue weighted by Gasteiger charge is -2.29. The van der Waals surface area contributed by atoms with Gasteiger partial charge in [-0.25, -0.2) is 8.42 Å². The Labute approximate surface area is 177 Å². The molecular weight excluding hydrogens is 412 g/mol. The standard InChI is InChI=1S/C21H27ClN2O4S/c1-14(2)28-19-8-6-7-17(11-19)13-23-21(25)16(4)24(29(5,26)27)20-12-18(22)10-9-15(20)3/h6-12,14,16H,13H2,1-5H3,(H,23,25)/t16-/m0/s1. The number of amides is 1. The third-order valence-electron chi connectivity index (χ3n) is 4.23. The second-order valence-electron chi connectivity index (χ2n) is 7.20. The summed E-state index contributed by atoms with van der Waals surface area (Å²) in [7, 11) is -3.71. The van der Waals surface area contributed by atoms with E-state index in [0.717, 1.165) is 16.1 Å². The number of hydrogen-bond acceptors (Lipinski definition) is 4. The summed E-state index contributed by atoms with van der Waals surface area (Å²) in [5, 5.41) is 3.20. The molecular formula is C21H27ClN2O4S. The van der Waals surface area contributed by atoms with Crippen LogP contribution >= 0.6 is 11.6 Å². The largest absolute Gasteiger partial charge is 0.491 e. The summed E-state index contributed by atoms with van der Waals surface area (Å²) in [5.41, 5.74) is 1.95. The fraction of sp³-hybridized carbons (Fsp3) is 0.381. The average molecular weight is 439 g/mol. The number of halogens is 1. The lowest BCUT2D eigenvalue weighted by molar-refractivity contribution is -0.122. The Kier molecular flexibility index (Phi) is 7.54. The molecule has 0 aliphatic heterocycles. The molecule has 0 aliphatic rings. The maximum absolute atomic E-state index is 12.8. The van der Waals surface area contributed by atoms with Gasteiger partial charge in [0.1, 0.15) is 11.8 Å². The zero-order valence-corrected chi connectivity index (χ0v) is 18.8. The van der Waals surface area contributed by atoms with E-state index in [0.29, 0.717) is 22.0 Å². The molecule has 0 aromatic heterocycles. The molecule has 1 atom stereocenters. The Balaban J connectivity index is 2.19. The first-order chi connectivity index (χ1) is 13.5. The SMILES string of the molecule is Cc1ccc(Cl)cc1N([C@@H](C)C(=O)NCc1cccc(OC(C)C)c1)S(C)(=O)=O. The molecule has 0 aliphatic carbocycles. The molecule has 6 nitrogen and oxygen atoms in total. The van der Waals surface area contributed by atoms with E-state index in [1.807, 2.05) is 38.1 Å². The molecule has 0 heterocycles. The minimum absolute atomic E-state index is 0.0455. The van der Waals surface area contributed by atoms with Crippen molar-refractivity contribution in [1.29, 1.82) is 0 Å². The number of ether oxygens (including phenoxy) is 1. The van der Waals surface area contributed by atoms with Gasteiger partial charge < -0.3 is 10.1 Å². The first-order valence-electron chi connectivity index (χ1n) is 9.28. The number of aryl methyl sites for hydroxylation is 1. The molecule has 8 heteroatoms. The van der Waals surface area contributed by atoms with E-state index in [4.69, 9.17) is 16.3 Å². The normalized spacial score (nSPS) is 12.5. The van der Waals surface area contributed by atoms with Crippen LogP contribution in [0.25, 0.3) is 0 Å². The molecule has 0 saturated heterocycles. The summed E-state index contributed by atoms with van der Waals surface area (Å²) in [6, 6.07) is 11.4. The molecule has 1 N–H and O–H groups in total. The van der Waals surface area contributed by atoms with Crippen LogP contribution in [-0.2, 0) is 21.4 Å². The van der Waals surface area contributed by atoms with Gasteiger partial charge in [-0.05, 0) is 63.1 Å². The molecule has 2 rings (SSSR count). The summed E-state index contributed by atoms with van der Waals surface area (Å²) in [6.07, 6.45) is 1.12. The van der Waals surface area contributed by atoms with Crippen molar-refractivity contribution in [2.24, 2.45) is 0 Å². The first-order valence-corrected chi connectivity index (χ1v) is 11.5. The van der Waals surface area contributed by atoms with Gasteiger partial charge in [0.15, 0.2) is 0 Å². The third kappa shape index (κ3) is 6.37. The number of rotatable bonds is 8. The predicted molar refractivity (Wildman–Crippen MR) is 117 cm³/mol. The van der Waals surface area contributed by atoms with Gasteiger partial charge in [-0.3, -0.25) is 9.10 Å². The van der Waals surface area contributed by atoms with E-state index in [1.165, 1.54) is 0 Å². The lowest BCUT2D eigenvalue weighted by atomic mass is 10.1. The minimum atomic E-state index is -3.71. The number of sulfonamides is 1. The van der Waals surface area contributed by atoms with Crippen LogP contribution in [0.5, 0.6) is 5.75 Å². The van der Waals surface area contributed by atoms with Crippen LogP contribution in [0.4, 0.5) is 5.69 Å². The van der Waals surface area contributed by atoms with Crippen LogP contribution < -0.4 is 14.4 Å². The summed E-state index contributed by atoms with van der Waals surface area (Å²) in [6.45, 7) is 7.45. The van der Waals surface area contributed by atoms with Gasteiger partial charge in [-0.2, -0.15) is 0 Å². The molecule has 0 radical (unpaired) electrons. The van der Waals surface area contributed by atoms with Gasteiger partial charge in [0, 0.05) is 11.6 Å². The van der Waals surface area contributed by atoms with Crippen LogP contribution in [0.2, 0.25) is 5.02 Å². The number of nitrogens with zero attached hydrogens (tertiary/aromatic N) is 1. The molecule has 0 spiro atoms. The highest BCUT2D eigenvalue weighted by Crippen LogP contribution is 2.28. The number of nitrogens with one attached hydrogen (secondary N) is 1. The zero-order chi connectivity index (χ0) is 21.8. The maximum Gasteiger partial charge on any atom is 0.243 e. The van der Waals surface area contributed by atoms with Crippen molar-refractivity contribution < 1.29 is 17.9 Å². The minimum Gasteiger partial charge on any atom is -0.491 e. The molecule has 158 valence electrons. The second kappa shape index (κ2) is 9.50. The second-order valence-corrected chi connectivity index (χ2v) is 9.49. The Morgan fingerprint density at radius 3 is 2.48 bits per heavy atom. The number of anilines is 1. The first kappa shape index (κ1) is 23.0. The van der Waals surface area contributed by atoms with Crippen molar-refractivity contribution in [3.63, 3.8) is 0 Å². The summed E-state index contributed by atoms with van der Waals surface area (Å²) in [5.74, 6) is 0.303. The van der Waals surface area contributed by atoms with Gasteiger partial charge in [0.25, 0.3) is 0 Å². The Morgan fingerprint density at radius 1 is 1.17 bits per heavy atom. The van der Waals surface area contributed by atoms with Crippen molar-refractivity contribution in [2.75, 3.05) is 10.6 Å². The van der Waals surface area contributed by atoms with E-state index in [1.54, 1.807) is 32.0 Å². The Hall–Kier alpha value is -2.25. The topological polar surface area (TPSA) is 75.7 Å². The number of benzene rings is 2. The van der Waals surface area contributed by atoms with Crippen LogP contribution in [0.3, 0.4) is 0 Å². The smallest absolute Gasteiger partial charge is 0.243 e. The average Bonchev–Trinajstić information content (AvgIpc) is 2.61. The van der Waals surface area contributed by atoms with Gasteiger partial charge in [0.2, 0.25) is 15.9 Å². The zero-order valence-electron chi connectivity index (χ0n) is 17.3. The van der Waals surface area contributed by atoms with Crippen molar-refractivity contribution in [2.45, 2.75) is 46.4 Å². The van der Waals surface area contributed by atoms with Crippen LogP contribution in [0.1, 0.15) is 31.9 Å². The third-order valence-corrected chi connectivity index (χ3v) is 5.70. The molecule has 29 heavy (non-hydrogen) atoms. The van der Waals surface area contributed by atoms with E-state index < -0.39 is 22.0 Å². The van der Waals surface area contributed by atoms with Crippen LogP contribution in [-0.4, -0.2) is 32.7 Å². The van der Waals surface area contributed by atoms with Gasteiger partial charge in [-0.1, -0.05) is 29.8 Å². The number of hydrogen-bond donors (Lipinski definition) is 1. The lowest BCUT2D eigenvalue weighted by Crippen LogP contribution is -2.48. The fourth-order valence-electron chi connectivity index (χ4n) is 2.94. The van der Waals surface area contributed by atoms with Gasteiger partial charge in [0.05, 0.1) is 18.0 Å². The fourth-order valence-corrected chi connectivity index (χ4v) is 4.33. The van der Waals surface area contributed by atoms with E-state index >= 15 is 0 Å². The van der Waals surface area contributed by atoms with E-state index in [9.17, 15) is 13.2 Å². The van der Waals surface area contributed by atoms with Gasteiger partial charge >= 0.3 is 0 Å². The molecule has 2 aromatic carbocycles. The molecule has 0 unspecified atom stereocenters. The monoisotopic (exact) mass is 438 g/mol. The van der Waals surface area contributed by atoms with Crippen molar-refractivity contribution in [3.8, 4) is 5.75 Å². The molecule has 0 fully saturated rings. The highest BCUT2D eigenvalue weighted by molar-refractivity contribution is 7.92. The maximum atomic E-state index is 12.8. The summed E-state index contributed by atoms with van der Waals surface area (Å²) < 4.78 is 31.7. The van der Waals surface area contributed by atoms with Gasteiger partial charge in [-0.15, -0.1) is 0 Å². The van der Waals surface area contributed by atoms with Crippen molar-refractivity contribution >= 4 is 33.2 Å². The summed E-state index contributed by atoms with van der Waals surface area (Å²) in [4.78, 5) is 12.8. The quantitative estimate of drug-likeness (QED) is 0.678. The highest BCUT2D eigenvalue weighted by atomic mass is 35.5. The molecule has 0 bridgehead atoms. The van der Waals surface area contributed by atoms with E-state index in [-0.39, 0.29) is 12.6 Å². The van der Waals surface area contributed by atoms with Crippen LogP contribution in [0.15, 0.2) is 42.5 Å². The van der Waals surface area contributed by atoms with E-state index in [2.05, 4.69) is 5.32 Å². The molecule has 0 saturated carbocycles. The number of carbonyl (C=O) groups is 1. The van der Waals surface area contributed by atoms with Crippen molar-refractivity contribution in [3.05, 3.63) is 58.6 Å². The number of carbonyl (C=O) groups excluding carboxylic acids is 1. The van der Waals surface area contributed by atoms with Crippen molar-refractivity contribution in [1.82, 2.24) is 5.32 Å². The Morgan fingerprint density at radius 2 is 1.86 bits per heavy atom. The molecule has 1 amide bonds. The molecule has 2 aromatic rings. The van der Waals surface area contributed by atoms with Crippen LogP contribution in [0, 0.1) is 6.92 Å². The highest BCUT2D eigenvalue weighted by Gasteiger charge is 2.30. The summed E-state index contributed by atoms with van der Waals surface area (Å²) >= 11 is 6.05.